The molecule has 0 spiro atoms. The number of nitrogens with two attached hydrogens (primary N) is 1. The Morgan fingerprint density at radius 2 is 2.05 bits per heavy atom. The van der Waals surface area contributed by atoms with E-state index in [9.17, 15) is 9.59 Å². The molecular formula is C13H18N4O3. The van der Waals surface area contributed by atoms with Gasteiger partial charge in [0.2, 0.25) is 5.95 Å². The maximum absolute atomic E-state index is 11.5. The van der Waals surface area contributed by atoms with Crippen LogP contribution in [-0.2, 0) is 9.53 Å². The standard InChI is InChI=1S/C13H18N4O3/c1-8-7-15-13(16-10(8)11(14)18)17-5-3-9(4-6-17)12(19)20-2/h7,9H,3-6H2,1-2H3,(H2,14,18). The Balaban J connectivity index is 2.09. The minimum atomic E-state index is -0.560. The Morgan fingerprint density at radius 3 is 2.60 bits per heavy atom. The van der Waals surface area contributed by atoms with E-state index < -0.39 is 5.91 Å². The minimum absolute atomic E-state index is 0.0719. The van der Waals surface area contributed by atoms with Gasteiger partial charge < -0.3 is 15.4 Å². The van der Waals surface area contributed by atoms with Crippen molar-refractivity contribution in [1.82, 2.24) is 9.97 Å². The van der Waals surface area contributed by atoms with E-state index in [0.29, 0.717) is 37.4 Å². The van der Waals surface area contributed by atoms with Crippen LogP contribution in [0.1, 0.15) is 28.9 Å². The first-order valence-corrected chi connectivity index (χ1v) is 6.49. The number of ether oxygens (including phenoxy) is 1. The molecule has 0 bridgehead atoms. The van der Waals surface area contributed by atoms with E-state index >= 15 is 0 Å². The van der Waals surface area contributed by atoms with Crippen molar-refractivity contribution in [2.75, 3.05) is 25.1 Å². The third-order valence-corrected chi connectivity index (χ3v) is 3.50. The first-order chi connectivity index (χ1) is 9.52. The number of esters is 1. The number of nitrogens with zero attached hydrogens (tertiary/aromatic N) is 3. The molecule has 0 saturated carbocycles. The number of carbonyl (C=O) groups excluding carboxylic acids is 2. The smallest absolute Gasteiger partial charge is 0.308 e. The Kier molecular flexibility index (Phi) is 4.16. The molecule has 1 aromatic rings. The summed E-state index contributed by atoms with van der Waals surface area (Å²) in [5, 5.41) is 0. The fourth-order valence-electron chi connectivity index (χ4n) is 2.32. The number of anilines is 1. The number of aromatic nitrogens is 2. The molecule has 7 heteroatoms. The van der Waals surface area contributed by atoms with Gasteiger partial charge in [0.25, 0.3) is 5.91 Å². The molecule has 2 rings (SSSR count). The number of hydrogen-bond donors (Lipinski definition) is 1. The third-order valence-electron chi connectivity index (χ3n) is 3.50. The molecule has 108 valence electrons. The van der Waals surface area contributed by atoms with E-state index in [1.807, 2.05) is 4.90 Å². The molecule has 1 aromatic heterocycles. The molecular weight excluding hydrogens is 260 g/mol. The van der Waals surface area contributed by atoms with E-state index in [1.165, 1.54) is 7.11 Å². The van der Waals surface area contributed by atoms with Crippen LogP contribution in [0.15, 0.2) is 6.20 Å². The van der Waals surface area contributed by atoms with E-state index in [-0.39, 0.29) is 17.6 Å². The quantitative estimate of drug-likeness (QED) is 0.797. The van der Waals surface area contributed by atoms with Crippen LogP contribution < -0.4 is 10.6 Å². The van der Waals surface area contributed by atoms with Crippen molar-refractivity contribution < 1.29 is 14.3 Å². The third kappa shape index (κ3) is 2.87. The second-order valence-electron chi connectivity index (χ2n) is 4.85. The highest BCUT2D eigenvalue weighted by molar-refractivity contribution is 5.92. The first-order valence-electron chi connectivity index (χ1n) is 6.49. The molecule has 0 aliphatic carbocycles. The van der Waals surface area contributed by atoms with Crippen LogP contribution in [0.25, 0.3) is 0 Å². The lowest BCUT2D eigenvalue weighted by molar-refractivity contribution is -0.146. The first kappa shape index (κ1) is 14.2. The van der Waals surface area contributed by atoms with E-state index in [4.69, 9.17) is 10.5 Å². The summed E-state index contributed by atoms with van der Waals surface area (Å²) in [7, 11) is 1.40. The number of primary amides is 1. The van der Waals surface area contributed by atoms with Crippen LogP contribution >= 0.6 is 0 Å². The Morgan fingerprint density at radius 1 is 1.40 bits per heavy atom. The predicted molar refractivity (Wildman–Crippen MR) is 72.2 cm³/mol. The summed E-state index contributed by atoms with van der Waals surface area (Å²) in [5.41, 5.74) is 6.18. The molecule has 1 aliphatic rings. The SMILES string of the molecule is COC(=O)C1CCN(c2ncc(C)c(C(N)=O)n2)CC1. The lowest BCUT2D eigenvalue weighted by Crippen LogP contribution is -2.38. The molecule has 7 nitrogen and oxygen atoms in total. The summed E-state index contributed by atoms with van der Waals surface area (Å²) in [4.78, 5) is 33.1. The second kappa shape index (κ2) is 5.85. The molecule has 1 aliphatic heterocycles. The molecule has 2 heterocycles. The molecule has 0 atom stereocenters. The number of rotatable bonds is 3. The topological polar surface area (TPSA) is 98.4 Å². The van der Waals surface area contributed by atoms with Gasteiger partial charge in [-0.05, 0) is 25.3 Å². The number of methoxy groups -OCH3 is 1. The molecule has 2 N–H and O–H groups in total. The van der Waals surface area contributed by atoms with Crippen LogP contribution in [0.3, 0.4) is 0 Å². The lowest BCUT2D eigenvalue weighted by atomic mass is 9.97. The summed E-state index contributed by atoms with van der Waals surface area (Å²) in [6.45, 7) is 3.05. The summed E-state index contributed by atoms with van der Waals surface area (Å²) < 4.78 is 4.75. The van der Waals surface area contributed by atoms with Crippen molar-refractivity contribution in [3.05, 3.63) is 17.5 Å². The fourth-order valence-corrected chi connectivity index (χ4v) is 2.32. The van der Waals surface area contributed by atoms with Gasteiger partial charge in [0, 0.05) is 19.3 Å². The lowest BCUT2D eigenvalue weighted by Gasteiger charge is -2.30. The van der Waals surface area contributed by atoms with E-state index in [1.54, 1.807) is 13.1 Å². The van der Waals surface area contributed by atoms with Crippen molar-refractivity contribution in [3.8, 4) is 0 Å². The van der Waals surface area contributed by atoms with Gasteiger partial charge in [-0.15, -0.1) is 0 Å². The molecule has 1 saturated heterocycles. The molecule has 1 fully saturated rings. The van der Waals surface area contributed by atoms with Crippen molar-refractivity contribution in [2.24, 2.45) is 11.7 Å². The highest BCUT2D eigenvalue weighted by atomic mass is 16.5. The Bertz CT molecular complexity index is 524. The van der Waals surface area contributed by atoms with Gasteiger partial charge in [-0.1, -0.05) is 0 Å². The van der Waals surface area contributed by atoms with Gasteiger partial charge in [0.15, 0.2) is 0 Å². The summed E-state index contributed by atoms with van der Waals surface area (Å²) >= 11 is 0. The number of amides is 1. The van der Waals surface area contributed by atoms with Crippen LogP contribution in [0.2, 0.25) is 0 Å². The molecule has 0 aromatic carbocycles. The normalized spacial score (nSPS) is 16.0. The minimum Gasteiger partial charge on any atom is -0.469 e. The van der Waals surface area contributed by atoms with Crippen molar-refractivity contribution in [3.63, 3.8) is 0 Å². The van der Waals surface area contributed by atoms with Gasteiger partial charge in [-0.25, -0.2) is 9.97 Å². The zero-order valence-corrected chi connectivity index (χ0v) is 11.6. The van der Waals surface area contributed by atoms with Crippen LogP contribution in [0, 0.1) is 12.8 Å². The molecule has 20 heavy (non-hydrogen) atoms. The van der Waals surface area contributed by atoms with Gasteiger partial charge in [0.05, 0.1) is 13.0 Å². The molecule has 1 amide bonds. The van der Waals surface area contributed by atoms with Gasteiger partial charge in [-0.2, -0.15) is 0 Å². The van der Waals surface area contributed by atoms with Crippen LogP contribution in [0.5, 0.6) is 0 Å². The number of piperidine rings is 1. The summed E-state index contributed by atoms with van der Waals surface area (Å²) in [5.74, 6) is -0.326. The van der Waals surface area contributed by atoms with Crippen molar-refractivity contribution >= 4 is 17.8 Å². The highest BCUT2D eigenvalue weighted by Crippen LogP contribution is 2.22. The molecule has 0 unspecified atom stereocenters. The van der Waals surface area contributed by atoms with Gasteiger partial charge in [-0.3, -0.25) is 9.59 Å². The molecule has 0 radical (unpaired) electrons. The maximum Gasteiger partial charge on any atom is 0.308 e. The average Bonchev–Trinajstić information content (AvgIpc) is 2.47. The number of carbonyl (C=O) groups is 2. The Hall–Kier alpha value is -2.18. The average molecular weight is 278 g/mol. The zero-order chi connectivity index (χ0) is 14.7. The summed E-state index contributed by atoms with van der Waals surface area (Å²) in [6, 6.07) is 0. The van der Waals surface area contributed by atoms with Crippen LogP contribution in [-0.4, -0.2) is 42.0 Å². The fraction of sp³-hybridized carbons (Fsp3) is 0.538. The number of aryl methyl sites for hydroxylation is 1. The highest BCUT2D eigenvalue weighted by Gasteiger charge is 2.27. The van der Waals surface area contributed by atoms with Crippen molar-refractivity contribution in [1.29, 1.82) is 0 Å². The van der Waals surface area contributed by atoms with Crippen molar-refractivity contribution in [2.45, 2.75) is 19.8 Å². The van der Waals surface area contributed by atoms with Crippen LogP contribution in [0.4, 0.5) is 5.95 Å². The van der Waals surface area contributed by atoms with E-state index in [2.05, 4.69) is 9.97 Å². The zero-order valence-electron chi connectivity index (χ0n) is 11.6. The maximum atomic E-state index is 11.5. The number of hydrogen-bond acceptors (Lipinski definition) is 6. The largest absolute Gasteiger partial charge is 0.469 e. The van der Waals surface area contributed by atoms with E-state index in [0.717, 1.165) is 0 Å². The summed E-state index contributed by atoms with van der Waals surface area (Å²) in [6.07, 6.45) is 2.97. The second-order valence-corrected chi connectivity index (χ2v) is 4.85. The van der Waals surface area contributed by atoms with Gasteiger partial charge in [0.1, 0.15) is 5.69 Å². The predicted octanol–water partition coefficient (Wildman–Crippen LogP) is 0.273. The Labute approximate surface area is 117 Å². The van der Waals surface area contributed by atoms with Gasteiger partial charge >= 0.3 is 5.97 Å². The monoisotopic (exact) mass is 278 g/mol.